The van der Waals surface area contributed by atoms with Crippen molar-refractivity contribution in [3.8, 4) is 0 Å². The van der Waals surface area contributed by atoms with Crippen molar-refractivity contribution in [3.05, 3.63) is 23.8 Å². The molecule has 0 unspecified atom stereocenters. The number of carbonyl (C=O) groups is 2. The molecular weight excluding hydrogens is 172 g/mol. The van der Waals surface area contributed by atoms with E-state index in [1.807, 2.05) is 0 Å². The van der Waals surface area contributed by atoms with Gasteiger partial charge < -0.3 is 10.2 Å². The van der Waals surface area contributed by atoms with Gasteiger partial charge in [-0.1, -0.05) is 18.2 Å². The van der Waals surface area contributed by atoms with E-state index < -0.39 is 17.9 Å². The molecule has 13 heavy (non-hydrogen) atoms. The molecule has 0 fully saturated rings. The van der Waals surface area contributed by atoms with Crippen LogP contribution in [0.2, 0.25) is 0 Å². The number of hydrogen-bond donors (Lipinski definition) is 2. The van der Waals surface area contributed by atoms with Gasteiger partial charge in [0.25, 0.3) is 0 Å². The fraction of sp³-hybridized carbons (Fsp3) is 0.333. The van der Waals surface area contributed by atoms with Gasteiger partial charge in [-0.3, -0.25) is 4.79 Å². The van der Waals surface area contributed by atoms with E-state index in [0.29, 0.717) is 12.0 Å². The van der Waals surface area contributed by atoms with Gasteiger partial charge in [0.15, 0.2) is 0 Å². The average molecular weight is 182 g/mol. The van der Waals surface area contributed by atoms with Gasteiger partial charge in [0.1, 0.15) is 0 Å². The molecule has 0 saturated carbocycles. The lowest BCUT2D eigenvalue weighted by Gasteiger charge is -2.09. The third kappa shape index (κ3) is 2.83. The number of aliphatic carboxylic acids is 1. The second-order valence-corrected chi connectivity index (χ2v) is 2.85. The molecule has 0 bridgehead atoms. The van der Waals surface area contributed by atoms with Gasteiger partial charge in [0.05, 0.1) is 6.10 Å². The zero-order chi connectivity index (χ0) is 9.84. The van der Waals surface area contributed by atoms with Crippen LogP contribution in [0.3, 0.4) is 0 Å². The van der Waals surface area contributed by atoms with E-state index in [2.05, 4.69) is 0 Å². The summed E-state index contributed by atoms with van der Waals surface area (Å²) in [6, 6.07) is 0. The van der Waals surface area contributed by atoms with Gasteiger partial charge in [0, 0.05) is 6.42 Å². The minimum absolute atomic E-state index is 0.0987. The summed E-state index contributed by atoms with van der Waals surface area (Å²) in [5.41, 5.74) is 0.651. The standard InChI is InChI=1S/C9H10O4/c10-7-3-1-6(2-4-7)5-8(11)9(12)13/h1-3,7,10H,4-5H2,(H,12,13)/t7-/m0/s1. The maximum Gasteiger partial charge on any atom is 0.372 e. The molecule has 2 N–H and O–H groups in total. The quantitative estimate of drug-likeness (QED) is 0.614. The Balaban J connectivity index is 2.52. The Bertz CT molecular complexity index is 288. The molecule has 4 nitrogen and oxygen atoms in total. The van der Waals surface area contributed by atoms with Crippen molar-refractivity contribution >= 4 is 11.8 Å². The molecule has 1 atom stereocenters. The van der Waals surface area contributed by atoms with Crippen LogP contribution in [-0.2, 0) is 9.59 Å². The summed E-state index contributed by atoms with van der Waals surface area (Å²) in [6.07, 6.45) is 4.63. The van der Waals surface area contributed by atoms with Crippen LogP contribution in [0.15, 0.2) is 23.8 Å². The largest absolute Gasteiger partial charge is 0.475 e. The van der Waals surface area contributed by atoms with Crippen LogP contribution in [0.4, 0.5) is 0 Å². The number of aliphatic hydroxyl groups excluding tert-OH is 1. The second kappa shape index (κ2) is 4.00. The molecule has 0 aromatic heterocycles. The third-order valence-corrected chi connectivity index (χ3v) is 1.76. The number of ketones is 1. The van der Waals surface area contributed by atoms with Gasteiger partial charge >= 0.3 is 5.97 Å². The van der Waals surface area contributed by atoms with Crippen molar-refractivity contribution in [1.29, 1.82) is 0 Å². The Morgan fingerprint density at radius 2 is 2.23 bits per heavy atom. The van der Waals surface area contributed by atoms with Crippen molar-refractivity contribution in [3.63, 3.8) is 0 Å². The summed E-state index contributed by atoms with van der Waals surface area (Å²) in [4.78, 5) is 20.9. The van der Waals surface area contributed by atoms with E-state index in [1.165, 1.54) is 0 Å². The predicted octanol–water partition coefficient (Wildman–Crippen LogP) is 0.277. The first-order valence-electron chi connectivity index (χ1n) is 3.91. The first-order chi connectivity index (χ1) is 6.09. The zero-order valence-electron chi connectivity index (χ0n) is 6.93. The summed E-state index contributed by atoms with van der Waals surface area (Å²) in [5.74, 6) is -2.24. The second-order valence-electron chi connectivity index (χ2n) is 2.85. The van der Waals surface area contributed by atoms with Crippen LogP contribution in [-0.4, -0.2) is 28.1 Å². The lowest BCUT2D eigenvalue weighted by molar-refractivity contribution is -0.148. The highest BCUT2D eigenvalue weighted by Crippen LogP contribution is 2.13. The molecular formula is C9H10O4. The van der Waals surface area contributed by atoms with E-state index in [4.69, 9.17) is 10.2 Å². The van der Waals surface area contributed by atoms with E-state index in [1.54, 1.807) is 18.2 Å². The molecule has 0 amide bonds. The van der Waals surface area contributed by atoms with Crippen LogP contribution in [0.5, 0.6) is 0 Å². The smallest absolute Gasteiger partial charge is 0.372 e. The maximum absolute atomic E-state index is 10.8. The van der Waals surface area contributed by atoms with Gasteiger partial charge in [-0.25, -0.2) is 4.79 Å². The van der Waals surface area contributed by atoms with Gasteiger partial charge in [0.2, 0.25) is 5.78 Å². The van der Waals surface area contributed by atoms with Crippen LogP contribution in [0, 0.1) is 0 Å². The molecule has 0 saturated heterocycles. The molecule has 0 spiro atoms. The van der Waals surface area contributed by atoms with E-state index >= 15 is 0 Å². The highest BCUT2D eigenvalue weighted by atomic mass is 16.4. The number of allylic oxidation sites excluding steroid dienone is 2. The number of hydrogen-bond acceptors (Lipinski definition) is 3. The Labute approximate surface area is 75.2 Å². The van der Waals surface area contributed by atoms with Crippen molar-refractivity contribution in [2.45, 2.75) is 18.9 Å². The molecule has 70 valence electrons. The molecule has 1 aliphatic rings. The van der Waals surface area contributed by atoms with Crippen molar-refractivity contribution in [2.75, 3.05) is 0 Å². The van der Waals surface area contributed by atoms with Gasteiger partial charge in [-0.05, 0) is 12.0 Å². The van der Waals surface area contributed by atoms with Crippen molar-refractivity contribution in [2.24, 2.45) is 0 Å². The van der Waals surface area contributed by atoms with Crippen LogP contribution in [0.1, 0.15) is 12.8 Å². The maximum atomic E-state index is 10.8. The fourth-order valence-corrected chi connectivity index (χ4v) is 1.05. The van der Waals surface area contributed by atoms with Gasteiger partial charge in [-0.2, -0.15) is 0 Å². The lowest BCUT2D eigenvalue weighted by atomic mass is 10.0. The molecule has 1 rings (SSSR count). The molecule has 4 heteroatoms. The normalized spacial score (nSPS) is 21.0. The number of Topliss-reactive ketones (excluding diaryl/α,β-unsaturated/α-hetero) is 1. The Hall–Kier alpha value is -1.42. The summed E-state index contributed by atoms with van der Waals surface area (Å²) >= 11 is 0. The number of rotatable bonds is 3. The third-order valence-electron chi connectivity index (χ3n) is 1.76. The monoisotopic (exact) mass is 182 g/mol. The van der Waals surface area contributed by atoms with E-state index in [9.17, 15) is 9.59 Å². The first kappa shape index (κ1) is 9.67. The molecule has 0 radical (unpaired) electrons. The first-order valence-corrected chi connectivity index (χ1v) is 3.91. The Morgan fingerprint density at radius 3 is 2.69 bits per heavy atom. The minimum atomic E-state index is -1.42. The topological polar surface area (TPSA) is 74.6 Å². The number of carbonyl (C=O) groups excluding carboxylic acids is 1. The summed E-state index contributed by atoms with van der Waals surface area (Å²) in [7, 11) is 0. The van der Waals surface area contributed by atoms with E-state index in [-0.39, 0.29) is 6.42 Å². The SMILES string of the molecule is O=C(O)C(=O)CC1=CC[C@@H](O)C=C1. The fourth-order valence-electron chi connectivity index (χ4n) is 1.05. The molecule has 0 aliphatic heterocycles. The molecule has 0 aromatic rings. The van der Waals surface area contributed by atoms with Crippen molar-refractivity contribution in [1.82, 2.24) is 0 Å². The Morgan fingerprint density at radius 1 is 1.54 bits per heavy atom. The highest BCUT2D eigenvalue weighted by molar-refractivity contribution is 6.33. The van der Waals surface area contributed by atoms with Gasteiger partial charge in [-0.15, -0.1) is 0 Å². The zero-order valence-corrected chi connectivity index (χ0v) is 6.93. The van der Waals surface area contributed by atoms with Crippen LogP contribution >= 0.6 is 0 Å². The highest BCUT2D eigenvalue weighted by Gasteiger charge is 2.14. The molecule has 0 aromatic carbocycles. The van der Waals surface area contributed by atoms with Crippen LogP contribution in [0.25, 0.3) is 0 Å². The Kier molecular flexibility index (Phi) is 2.97. The molecule has 1 aliphatic carbocycles. The summed E-state index contributed by atoms with van der Waals surface area (Å²) in [6.45, 7) is 0. The van der Waals surface area contributed by atoms with Crippen molar-refractivity contribution < 1.29 is 19.8 Å². The summed E-state index contributed by atoms with van der Waals surface area (Å²) < 4.78 is 0. The van der Waals surface area contributed by atoms with Crippen LogP contribution < -0.4 is 0 Å². The lowest BCUT2D eigenvalue weighted by Crippen LogP contribution is -2.14. The average Bonchev–Trinajstić information content (AvgIpc) is 2.08. The predicted molar refractivity (Wildman–Crippen MR) is 45.1 cm³/mol. The summed E-state index contributed by atoms with van der Waals surface area (Å²) in [5, 5.41) is 17.4. The minimum Gasteiger partial charge on any atom is -0.475 e. The number of carboxylic acids is 1. The number of aliphatic hydroxyl groups is 1. The molecule has 0 heterocycles. The number of carboxylic acid groups (broad SMARTS) is 1. The van der Waals surface area contributed by atoms with E-state index in [0.717, 1.165) is 0 Å².